The van der Waals surface area contributed by atoms with Crippen LogP contribution >= 0.6 is 0 Å². The maximum atomic E-state index is 10.8. The number of hydrogen-bond donors (Lipinski definition) is 2. The fourth-order valence-corrected chi connectivity index (χ4v) is 3.48. The molecule has 0 saturated heterocycles. The van der Waals surface area contributed by atoms with Crippen molar-refractivity contribution in [2.45, 2.75) is 37.5 Å². The van der Waals surface area contributed by atoms with Crippen LogP contribution in [0.5, 0.6) is 0 Å². The maximum absolute atomic E-state index is 10.8. The van der Waals surface area contributed by atoms with Crippen LogP contribution in [0.25, 0.3) is 10.9 Å². The van der Waals surface area contributed by atoms with E-state index in [1.807, 2.05) is 0 Å². The molecule has 0 atom stereocenters. The normalized spacial score (nSPS) is 24.7. The summed E-state index contributed by atoms with van der Waals surface area (Å²) in [6, 6.07) is 12.8. The molecule has 1 aliphatic carbocycles. The molecule has 4 rings (SSSR count). The van der Waals surface area contributed by atoms with Gasteiger partial charge in [0.1, 0.15) is 5.72 Å². The van der Waals surface area contributed by atoms with Crippen LogP contribution in [0, 0.1) is 0 Å². The molecular weight excluding hydrogens is 288 g/mol. The van der Waals surface area contributed by atoms with Crippen LogP contribution in [0.2, 0.25) is 0 Å². The minimum absolute atomic E-state index is 0.425. The summed E-state index contributed by atoms with van der Waals surface area (Å²) < 4.78 is 2.34. The number of hydrogen-bond acceptors (Lipinski definition) is 4. The van der Waals surface area contributed by atoms with E-state index in [1.165, 1.54) is 10.9 Å². The Balaban J connectivity index is 1.48. The van der Waals surface area contributed by atoms with Gasteiger partial charge in [-0.3, -0.25) is 0 Å². The highest BCUT2D eigenvalue weighted by Gasteiger charge is 2.34. The van der Waals surface area contributed by atoms with Crippen LogP contribution in [-0.4, -0.2) is 25.4 Å². The van der Waals surface area contributed by atoms with Gasteiger partial charge in [-0.1, -0.05) is 18.2 Å². The number of para-hydroxylation sites is 1. The van der Waals surface area contributed by atoms with Crippen LogP contribution in [0.1, 0.15) is 31.7 Å². The van der Waals surface area contributed by atoms with Crippen molar-refractivity contribution in [3.05, 3.63) is 55.0 Å². The molecule has 1 saturated carbocycles. The molecule has 1 fully saturated rings. The van der Waals surface area contributed by atoms with Gasteiger partial charge in [0.05, 0.1) is 0 Å². The number of aromatic nitrogens is 3. The van der Waals surface area contributed by atoms with E-state index in [0.717, 1.165) is 12.8 Å². The Hall–Kier alpha value is -2.40. The lowest BCUT2D eigenvalue weighted by Gasteiger charge is -2.37. The van der Waals surface area contributed by atoms with E-state index in [0.29, 0.717) is 24.8 Å². The maximum Gasteiger partial charge on any atom is 0.224 e. The summed E-state index contributed by atoms with van der Waals surface area (Å²) in [6.45, 7) is 0. The van der Waals surface area contributed by atoms with Gasteiger partial charge in [-0.15, -0.1) is 0 Å². The predicted molar refractivity (Wildman–Crippen MR) is 90.0 cm³/mol. The lowest BCUT2D eigenvalue weighted by Crippen LogP contribution is -2.42. The Kier molecular flexibility index (Phi) is 3.50. The van der Waals surface area contributed by atoms with Crippen molar-refractivity contribution < 1.29 is 5.11 Å². The molecule has 5 nitrogen and oxygen atoms in total. The van der Waals surface area contributed by atoms with Gasteiger partial charge in [-0.25, -0.2) is 9.97 Å². The smallest absolute Gasteiger partial charge is 0.224 e. The summed E-state index contributed by atoms with van der Waals surface area (Å²) in [5, 5.41) is 15.1. The number of rotatable bonds is 3. The summed E-state index contributed by atoms with van der Waals surface area (Å²) in [5.74, 6) is 0.486. The van der Waals surface area contributed by atoms with E-state index < -0.39 is 5.72 Å². The molecular formula is C18H20N4O. The van der Waals surface area contributed by atoms with Crippen LogP contribution < -0.4 is 5.32 Å². The highest BCUT2D eigenvalue weighted by molar-refractivity contribution is 5.80. The zero-order valence-corrected chi connectivity index (χ0v) is 12.9. The second kappa shape index (κ2) is 5.66. The average molecular weight is 308 g/mol. The largest absolute Gasteiger partial charge is 0.371 e. The molecule has 2 aromatic heterocycles. The summed E-state index contributed by atoms with van der Waals surface area (Å²) in [4.78, 5) is 8.28. The van der Waals surface area contributed by atoms with Crippen molar-refractivity contribution in [2.24, 2.45) is 0 Å². The molecule has 2 heterocycles. The Morgan fingerprint density at radius 3 is 2.57 bits per heavy atom. The molecule has 0 amide bonds. The Morgan fingerprint density at radius 2 is 1.78 bits per heavy atom. The summed E-state index contributed by atoms with van der Waals surface area (Å²) in [7, 11) is 0. The van der Waals surface area contributed by atoms with Crippen LogP contribution in [0.3, 0.4) is 0 Å². The van der Waals surface area contributed by atoms with Gasteiger partial charge in [0.2, 0.25) is 5.95 Å². The molecule has 5 heteroatoms. The third kappa shape index (κ3) is 2.80. The van der Waals surface area contributed by atoms with Gasteiger partial charge in [0.15, 0.2) is 0 Å². The quantitative estimate of drug-likeness (QED) is 0.728. The van der Waals surface area contributed by atoms with Crippen molar-refractivity contribution in [3.8, 4) is 0 Å². The highest BCUT2D eigenvalue weighted by atomic mass is 16.3. The SMILES string of the molecule is OC1(Nc2ncccn2)CCC(n2ccc3ccccc32)CC1. The van der Waals surface area contributed by atoms with Crippen molar-refractivity contribution in [2.75, 3.05) is 5.32 Å². The molecule has 0 radical (unpaired) electrons. The van der Waals surface area contributed by atoms with Crippen LogP contribution in [0.4, 0.5) is 5.95 Å². The first-order valence-corrected chi connectivity index (χ1v) is 8.07. The van der Waals surface area contributed by atoms with Gasteiger partial charge in [-0.2, -0.15) is 0 Å². The minimum Gasteiger partial charge on any atom is -0.371 e. The zero-order valence-electron chi connectivity index (χ0n) is 12.9. The molecule has 118 valence electrons. The van der Waals surface area contributed by atoms with E-state index >= 15 is 0 Å². The molecule has 1 aromatic carbocycles. The Labute approximate surface area is 135 Å². The second-order valence-corrected chi connectivity index (χ2v) is 6.24. The third-order valence-corrected chi connectivity index (χ3v) is 4.72. The van der Waals surface area contributed by atoms with E-state index in [4.69, 9.17) is 0 Å². The average Bonchev–Trinajstić information content (AvgIpc) is 3.00. The number of anilines is 1. The van der Waals surface area contributed by atoms with E-state index in [9.17, 15) is 5.11 Å². The first-order valence-electron chi connectivity index (χ1n) is 8.07. The zero-order chi connectivity index (χ0) is 15.7. The highest BCUT2D eigenvalue weighted by Crippen LogP contribution is 2.36. The summed E-state index contributed by atoms with van der Waals surface area (Å²) in [5.41, 5.74) is 0.350. The van der Waals surface area contributed by atoms with Gasteiger partial charge < -0.3 is 15.0 Å². The molecule has 3 aromatic rings. The van der Waals surface area contributed by atoms with Crippen molar-refractivity contribution in [1.82, 2.24) is 14.5 Å². The molecule has 2 N–H and O–H groups in total. The first-order chi connectivity index (χ1) is 11.2. The first kappa shape index (κ1) is 14.2. The van der Waals surface area contributed by atoms with Crippen molar-refractivity contribution in [1.29, 1.82) is 0 Å². The predicted octanol–water partition coefficient (Wildman–Crippen LogP) is 3.35. The van der Waals surface area contributed by atoms with Gasteiger partial charge in [0, 0.05) is 30.1 Å². The number of aliphatic hydroxyl groups is 1. The monoisotopic (exact) mass is 308 g/mol. The van der Waals surface area contributed by atoms with Crippen LogP contribution in [-0.2, 0) is 0 Å². The fraction of sp³-hybridized carbons (Fsp3) is 0.333. The summed E-state index contributed by atoms with van der Waals surface area (Å²) >= 11 is 0. The molecule has 0 unspecified atom stereocenters. The lowest BCUT2D eigenvalue weighted by atomic mass is 9.88. The second-order valence-electron chi connectivity index (χ2n) is 6.24. The van der Waals surface area contributed by atoms with E-state index in [1.54, 1.807) is 18.5 Å². The molecule has 0 bridgehead atoms. The third-order valence-electron chi connectivity index (χ3n) is 4.72. The number of nitrogens with one attached hydrogen (secondary N) is 1. The van der Waals surface area contributed by atoms with Gasteiger partial charge in [-0.05, 0) is 49.3 Å². The standard InChI is InChI=1S/C18H20N4O/c23-18(21-17-19-11-3-12-20-17)9-6-15(7-10-18)22-13-8-14-4-1-2-5-16(14)22/h1-5,8,11-13,15,23H,6-7,9-10H2,(H,19,20,21). The van der Waals surface area contributed by atoms with Crippen molar-refractivity contribution in [3.63, 3.8) is 0 Å². The number of fused-ring (bicyclic) bond motifs is 1. The van der Waals surface area contributed by atoms with Gasteiger partial charge in [0.25, 0.3) is 0 Å². The molecule has 0 spiro atoms. The minimum atomic E-state index is -0.916. The van der Waals surface area contributed by atoms with Crippen molar-refractivity contribution >= 4 is 16.9 Å². The molecule has 0 aliphatic heterocycles. The molecule has 23 heavy (non-hydrogen) atoms. The fourth-order valence-electron chi connectivity index (χ4n) is 3.48. The van der Waals surface area contributed by atoms with E-state index in [-0.39, 0.29) is 0 Å². The van der Waals surface area contributed by atoms with Crippen LogP contribution in [0.15, 0.2) is 55.0 Å². The summed E-state index contributed by atoms with van der Waals surface area (Å²) in [6.07, 6.45) is 8.73. The van der Waals surface area contributed by atoms with Gasteiger partial charge >= 0.3 is 0 Å². The Bertz CT molecular complexity index is 791. The number of benzene rings is 1. The number of nitrogens with zero attached hydrogens (tertiary/aromatic N) is 3. The molecule has 1 aliphatic rings. The van der Waals surface area contributed by atoms with E-state index in [2.05, 4.69) is 56.4 Å². The Morgan fingerprint density at radius 1 is 1.04 bits per heavy atom. The lowest BCUT2D eigenvalue weighted by molar-refractivity contribution is 0.0184. The topological polar surface area (TPSA) is 63.0 Å².